The monoisotopic (exact) mass is 180 g/mol. The molecule has 1 aromatic rings. The normalized spacial score (nSPS) is 26.4. The maximum atomic E-state index is 13.4. The molecule has 0 radical (unpaired) electrons. The van der Waals surface area contributed by atoms with E-state index < -0.39 is 5.85 Å². The van der Waals surface area contributed by atoms with Crippen molar-refractivity contribution in [2.45, 2.75) is 32.5 Å². The van der Waals surface area contributed by atoms with Crippen molar-refractivity contribution in [3.8, 4) is 5.75 Å². The highest BCUT2D eigenvalue weighted by atomic mass is 19.2. The Morgan fingerprint density at radius 1 is 1.46 bits per heavy atom. The van der Waals surface area contributed by atoms with Crippen LogP contribution in [-0.2, 0) is 6.42 Å². The molecular formula is C11H13FO. The van der Waals surface area contributed by atoms with E-state index in [1.165, 1.54) is 12.5 Å². The van der Waals surface area contributed by atoms with Crippen LogP contribution in [0.4, 0.5) is 4.39 Å². The summed E-state index contributed by atoms with van der Waals surface area (Å²) in [6.45, 7) is 3.51. The van der Waals surface area contributed by atoms with E-state index in [1.54, 1.807) is 0 Å². The van der Waals surface area contributed by atoms with Gasteiger partial charge < -0.3 is 4.74 Å². The standard InChI is InChI=1S/C11H13FO/c1-8-3-4-10-9(7-8)5-6-11(2,12)13-10/h3-4,7H,5-6H2,1-2H3. The molecule has 70 valence electrons. The number of hydrogen-bond acceptors (Lipinski definition) is 1. The van der Waals surface area contributed by atoms with E-state index in [0.717, 1.165) is 12.0 Å². The lowest BCUT2D eigenvalue weighted by molar-refractivity contribution is -0.0606. The molecule has 2 heteroatoms. The first kappa shape index (κ1) is 8.54. The van der Waals surface area contributed by atoms with Gasteiger partial charge in [-0.1, -0.05) is 17.7 Å². The summed E-state index contributed by atoms with van der Waals surface area (Å²) in [6, 6.07) is 5.85. The van der Waals surface area contributed by atoms with Crippen molar-refractivity contribution < 1.29 is 9.13 Å². The fraction of sp³-hybridized carbons (Fsp3) is 0.455. The number of alkyl halides is 1. The van der Waals surface area contributed by atoms with Crippen LogP contribution in [0.25, 0.3) is 0 Å². The number of aryl methyl sites for hydroxylation is 2. The molecule has 1 atom stereocenters. The summed E-state index contributed by atoms with van der Waals surface area (Å²) in [5.74, 6) is -0.788. The molecule has 0 saturated heterocycles. The third-order valence-corrected chi connectivity index (χ3v) is 2.38. The number of ether oxygens (including phenoxy) is 1. The minimum Gasteiger partial charge on any atom is -0.458 e. The van der Waals surface area contributed by atoms with Crippen LogP contribution in [-0.4, -0.2) is 5.85 Å². The molecular weight excluding hydrogens is 167 g/mol. The Morgan fingerprint density at radius 2 is 2.23 bits per heavy atom. The van der Waals surface area contributed by atoms with Crippen LogP contribution in [0.3, 0.4) is 0 Å². The van der Waals surface area contributed by atoms with E-state index in [-0.39, 0.29) is 0 Å². The number of benzene rings is 1. The first-order valence-electron chi connectivity index (χ1n) is 4.54. The number of rotatable bonds is 0. The van der Waals surface area contributed by atoms with Crippen molar-refractivity contribution >= 4 is 0 Å². The molecule has 0 amide bonds. The lowest BCUT2D eigenvalue weighted by atomic mass is 10.00. The average molecular weight is 180 g/mol. The van der Waals surface area contributed by atoms with Gasteiger partial charge >= 0.3 is 0 Å². The summed E-state index contributed by atoms with van der Waals surface area (Å²) in [6.07, 6.45) is 1.22. The van der Waals surface area contributed by atoms with Gasteiger partial charge in [0.2, 0.25) is 5.85 Å². The molecule has 0 fully saturated rings. The van der Waals surface area contributed by atoms with Crippen LogP contribution < -0.4 is 4.74 Å². The Morgan fingerprint density at radius 3 is 3.00 bits per heavy atom. The van der Waals surface area contributed by atoms with Crippen LogP contribution >= 0.6 is 0 Å². The Hall–Kier alpha value is -1.05. The van der Waals surface area contributed by atoms with Gasteiger partial charge in [0.15, 0.2) is 0 Å². The maximum absolute atomic E-state index is 13.4. The van der Waals surface area contributed by atoms with Crippen LogP contribution in [0.5, 0.6) is 5.75 Å². The molecule has 2 rings (SSSR count). The highest BCUT2D eigenvalue weighted by Gasteiger charge is 2.30. The number of fused-ring (bicyclic) bond motifs is 1. The van der Waals surface area contributed by atoms with Gasteiger partial charge in [-0.25, -0.2) is 0 Å². The molecule has 0 aromatic heterocycles. The topological polar surface area (TPSA) is 9.23 Å². The van der Waals surface area contributed by atoms with E-state index in [9.17, 15) is 4.39 Å². The van der Waals surface area contributed by atoms with Crippen LogP contribution in [0.2, 0.25) is 0 Å². The van der Waals surface area contributed by atoms with Gasteiger partial charge in [0.25, 0.3) is 0 Å². The molecule has 13 heavy (non-hydrogen) atoms. The highest BCUT2D eigenvalue weighted by Crippen LogP contribution is 2.34. The summed E-state index contributed by atoms with van der Waals surface area (Å²) in [4.78, 5) is 0. The van der Waals surface area contributed by atoms with E-state index >= 15 is 0 Å². The Balaban J connectivity index is 2.37. The molecule has 0 N–H and O–H groups in total. The van der Waals surface area contributed by atoms with Gasteiger partial charge in [-0.15, -0.1) is 0 Å². The van der Waals surface area contributed by atoms with Crippen LogP contribution in [0.1, 0.15) is 24.5 Å². The van der Waals surface area contributed by atoms with E-state index in [1.807, 2.05) is 19.1 Å². The minimum absolute atomic E-state index is 0.448. The molecule has 1 nitrogen and oxygen atoms in total. The van der Waals surface area contributed by atoms with Crippen molar-refractivity contribution in [1.82, 2.24) is 0 Å². The number of hydrogen-bond donors (Lipinski definition) is 0. The molecule has 0 aliphatic carbocycles. The molecule has 0 saturated carbocycles. The second-order valence-electron chi connectivity index (χ2n) is 3.82. The SMILES string of the molecule is Cc1ccc2c(c1)CCC(C)(F)O2. The van der Waals surface area contributed by atoms with Gasteiger partial charge in [-0.2, -0.15) is 4.39 Å². The van der Waals surface area contributed by atoms with Gasteiger partial charge in [-0.05, 0) is 25.0 Å². The van der Waals surface area contributed by atoms with E-state index in [0.29, 0.717) is 12.2 Å². The van der Waals surface area contributed by atoms with Gasteiger partial charge in [0, 0.05) is 13.3 Å². The zero-order valence-electron chi connectivity index (χ0n) is 7.93. The van der Waals surface area contributed by atoms with E-state index in [2.05, 4.69) is 6.07 Å². The largest absolute Gasteiger partial charge is 0.458 e. The molecule has 0 bridgehead atoms. The third-order valence-electron chi connectivity index (χ3n) is 2.38. The lowest BCUT2D eigenvalue weighted by Gasteiger charge is -2.28. The van der Waals surface area contributed by atoms with Gasteiger partial charge in [0.1, 0.15) is 5.75 Å². The lowest BCUT2D eigenvalue weighted by Crippen LogP contribution is -2.30. The summed E-state index contributed by atoms with van der Waals surface area (Å²) >= 11 is 0. The quantitative estimate of drug-likeness (QED) is 0.596. The average Bonchev–Trinajstić information content (AvgIpc) is 2.05. The Labute approximate surface area is 77.5 Å². The second kappa shape index (κ2) is 2.72. The first-order valence-corrected chi connectivity index (χ1v) is 4.54. The van der Waals surface area contributed by atoms with Crippen LogP contribution in [0, 0.1) is 6.92 Å². The van der Waals surface area contributed by atoms with Crippen molar-refractivity contribution in [1.29, 1.82) is 0 Å². The minimum atomic E-state index is -1.48. The predicted octanol–water partition coefficient (Wildman–Crippen LogP) is 3.01. The molecule has 0 spiro atoms. The Bertz CT molecular complexity index is 331. The maximum Gasteiger partial charge on any atom is 0.245 e. The molecule has 1 unspecified atom stereocenters. The molecule has 1 heterocycles. The Kier molecular flexibility index (Phi) is 1.79. The van der Waals surface area contributed by atoms with Crippen molar-refractivity contribution in [3.63, 3.8) is 0 Å². The second-order valence-corrected chi connectivity index (χ2v) is 3.82. The fourth-order valence-corrected chi connectivity index (χ4v) is 1.64. The third kappa shape index (κ3) is 1.67. The predicted molar refractivity (Wildman–Crippen MR) is 49.6 cm³/mol. The highest BCUT2D eigenvalue weighted by molar-refractivity contribution is 5.38. The zero-order valence-corrected chi connectivity index (χ0v) is 7.93. The first-order chi connectivity index (χ1) is 6.07. The summed E-state index contributed by atoms with van der Waals surface area (Å²) < 4.78 is 18.6. The molecule has 1 aliphatic rings. The smallest absolute Gasteiger partial charge is 0.245 e. The molecule has 1 aromatic carbocycles. The van der Waals surface area contributed by atoms with Crippen molar-refractivity contribution in [2.24, 2.45) is 0 Å². The van der Waals surface area contributed by atoms with Gasteiger partial charge in [0.05, 0.1) is 0 Å². The number of halogens is 1. The molecule has 1 aliphatic heterocycles. The van der Waals surface area contributed by atoms with Crippen molar-refractivity contribution in [2.75, 3.05) is 0 Å². The summed E-state index contributed by atoms with van der Waals surface area (Å²) in [5.41, 5.74) is 2.32. The zero-order chi connectivity index (χ0) is 9.47. The summed E-state index contributed by atoms with van der Waals surface area (Å²) in [7, 11) is 0. The van der Waals surface area contributed by atoms with E-state index in [4.69, 9.17) is 4.74 Å². The van der Waals surface area contributed by atoms with Crippen LogP contribution in [0.15, 0.2) is 18.2 Å². The fourth-order valence-electron chi connectivity index (χ4n) is 1.64. The summed E-state index contributed by atoms with van der Waals surface area (Å²) in [5, 5.41) is 0. The van der Waals surface area contributed by atoms with Gasteiger partial charge in [-0.3, -0.25) is 0 Å². The van der Waals surface area contributed by atoms with Crippen molar-refractivity contribution in [3.05, 3.63) is 29.3 Å².